The lowest BCUT2D eigenvalue weighted by Crippen LogP contribution is -2.55. The molecule has 2 amide bonds. The van der Waals surface area contributed by atoms with Crippen molar-refractivity contribution in [1.82, 2.24) is 15.5 Å². The van der Waals surface area contributed by atoms with Gasteiger partial charge in [-0.1, -0.05) is 31.8 Å². The summed E-state index contributed by atoms with van der Waals surface area (Å²) in [7, 11) is -4.40. The van der Waals surface area contributed by atoms with Gasteiger partial charge in [0.15, 0.2) is 5.54 Å². The predicted molar refractivity (Wildman–Crippen MR) is 144 cm³/mol. The van der Waals surface area contributed by atoms with Crippen molar-refractivity contribution in [3.05, 3.63) is 12.7 Å². The first-order chi connectivity index (χ1) is 18.3. The number of rotatable bonds is 20. The Balaban J connectivity index is 2.63. The Morgan fingerprint density at radius 2 is 1.67 bits per heavy atom. The molecule has 0 radical (unpaired) electrons. The fourth-order valence-corrected chi connectivity index (χ4v) is 5.54. The molecule has 1 fully saturated rings. The molecule has 0 aromatic heterocycles. The minimum Gasteiger partial charge on any atom is -0.479 e. The quantitative estimate of drug-likeness (QED) is 0.0595. The molecule has 1 heterocycles. The lowest BCUT2D eigenvalue weighted by atomic mass is 10.0. The zero-order valence-corrected chi connectivity index (χ0v) is 23.9. The van der Waals surface area contributed by atoms with E-state index in [1.807, 2.05) is 6.08 Å². The molecule has 0 saturated carbocycles. The third-order valence-electron chi connectivity index (χ3n) is 6.88. The topological polar surface area (TPSA) is 206 Å². The molecular formula is C25H46N3O10P. The average molecular weight is 580 g/mol. The largest absolute Gasteiger partial charge is 0.479 e. The molecule has 0 spiro atoms. The third kappa shape index (κ3) is 12.0. The highest BCUT2D eigenvalue weighted by atomic mass is 31.2. The molecule has 14 heteroatoms. The molecule has 2 unspecified atom stereocenters. The molecule has 13 nitrogen and oxygen atoms in total. The number of hydrogen-bond acceptors (Lipinski definition) is 9. The highest BCUT2D eigenvalue weighted by Gasteiger charge is 2.47. The van der Waals surface area contributed by atoms with Crippen molar-refractivity contribution in [3.63, 3.8) is 0 Å². The van der Waals surface area contributed by atoms with Crippen LogP contribution in [0, 0.1) is 0 Å². The van der Waals surface area contributed by atoms with Crippen molar-refractivity contribution in [2.24, 2.45) is 0 Å². The zero-order valence-electron chi connectivity index (χ0n) is 23.0. The van der Waals surface area contributed by atoms with Crippen LogP contribution in [-0.2, 0) is 23.5 Å². The maximum atomic E-state index is 12.7. The predicted octanol–water partition coefficient (Wildman–Crippen LogP) is 0.358. The van der Waals surface area contributed by atoms with Crippen LogP contribution >= 0.6 is 7.60 Å². The van der Waals surface area contributed by atoms with Crippen molar-refractivity contribution in [2.45, 2.75) is 95.0 Å². The number of nitrogens with one attached hydrogen (secondary N) is 2. The number of carboxylic acids is 1. The average Bonchev–Trinajstić information content (AvgIpc) is 3.10. The van der Waals surface area contributed by atoms with E-state index in [0.29, 0.717) is 6.42 Å². The molecule has 0 aromatic rings. The SMILES string of the molecule is C=CCCCCCCCCC(=O)NC(C)(COP(=O)(O)CCN1[C@H](CO)[C@@H](O)[C@H](O)[C@H]1CNC(C)=O)C(=O)O. The van der Waals surface area contributed by atoms with Gasteiger partial charge in [-0.2, -0.15) is 0 Å². The molecule has 1 rings (SSSR count). The van der Waals surface area contributed by atoms with E-state index in [2.05, 4.69) is 17.2 Å². The summed E-state index contributed by atoms with van der Waals surface area (Å²) in [5.41, 5.74) is -1.94. The number of amides is 2. The molecule has 1 aliphatic rings. The summed E-state index contributed by atoms with van der Waals surface area (Å²) in [6, 6.07) is -1.79. The Kier molecular flexibility index (Phi) is 15.4. The van der Waals surface area contributed by atoms with E-state index in [-0.39, 0.29) is 25.4 Å². The van der Waals surface area contributed by atoms with Gasteiger partial charge in [0.05, 0.1) is 43.7 Å². The number of nitrogens with zero attached hydrogens (tertiary/aromatic N) is 1. The van der Waals surface area contributed by atoms with Crippen molar-refractivity contribution < 1.29 is 48.8 Å². The smallest absolute Gasteiger partial charge is 0.331 e. The minimum atomic E-state index is -4.40. The number of carbonyl (C=O) groups excluding carboxylic acids is 2. The highest BCUT2D eigenvalue weighted by Crippen LogP contribution is 2.43. The molecule has 0 aromatic carbocycles. The molecule has 226 valence electrons. The Morgan fingerprint density at radius 1 is 1.08 bits per heavy atom. The lowest BCUT2D eigenvalue weighted by molar-refractivity contribution is -0.148. The summed E-state index contributed by atoms with van der Waals surface area (Å²) in [4.78, 5) is 47.3. The van der Waals surface area contributed by atoms with Crippen LogP contribution in [-0.4, -0.2) is 110 Å². The van der Waals surface area contributed by atoms with Gasteiger partial charge < -0.3 is 40.5 Å². The Bertz CT molecular complexity index is 860. The standard InChI is InChI=1S/C25H46N3O10P/c1-4-5-6-7-8-9-10-11-12-21(31)27-25(3,24(34)35)17-38-39(36,37)14-13-28-19(15-26-18(2)30)22(32)23(33)20(28)16-29/h4,19-20,22-23,29,32-33H,1,5-17H2,2-3H3,(H,26,30)(H,27,31)(H,34,35)(H,36,37)/t19-,20-,22-,23-,25?/m1/s1. The van der Waals surface area contributed by atoms with E-state index in [1.54, 1.807) is 0 Å². The number of unbranched alkanes of at least 4 members (excludes halogenated alkanes) is 6. The second kappa shape index (κ2) is 17.1. The van der Waals surface area contributed by atoms with Crippen LogP contribution < -0.4 is 10.6 Å². The summed E-state index contributed by atoms with van der Waals surface area (Å²) in [5, 5.41) is 44.8. The van der Waals surface area contributed by atoms with Crippen LogP contribution in [0.1, 0.15) is 65.2 Å². The van der Waals surface area contributed by atoms with Gasteiger partial charge in [0.2, 0.25) is 11.8 Å². The number of carboxylic acid groups (broad SMARTS) is 1. The van der Waals surface area contributed by atoms with Crippen molar-refractivity contribution in [3.8, 4) is 0 Å². The summed E-state index contributed by atoms with van der Waals surface area (Å²) in [6.45, 7) is 4.54. The molecule has 0 aliphatic carbocycles. The second-order valence-corrected chi connectivity index (χ2v) is 12.2. The van der Waals surface area contributed by atoms with Gasteiger partial charge in [-0.25, -0.2) is 4.79 Å². The van der Waals surface area contributed by atoms with Crippen molar-refractivity contribution >= 4 is 25.4 Å². The molecule has 1 aliphatic heterocycles. The first kappa shape index (κ1) is 35.2. The number of likely N-dealkylation sites (tertiary alicyclic amines) is 1. The van der Waals surface area contributed by atoms with Crippen LogP contribution in [0.4, 0.5) is 0 Å². The normalized spacial score (nSPS) is 24.5. The number of aliphatic hydroxyl groups excluding tert-OH is 3. The number of allylic oxidation sites excluding steroid dienone is 1. The van der Waals surface area contributed by atoms with E-state index in [1.165, 1.54) is 18.7 Å². The van der Waals surface area contributed by atoms with Crippen LogP contribution in [0.15, 0.2) is 12.7 Å². The van der Waals surface area contributed by atoms with Gasteiger partial charge in [0, 0.05) is 26.4 Å². The second-order valence-electron chi connectivity index (χ2n) is 10.2. The highest BCUT2D eigenvalue weighted by molar-refractivity contribution is 7.52. The summed E-state index contributed by atoms with van der Waals surface area (Å²) in [5.74, 6) is -2.32. The number of aliphatic carboxylic acids is 1. The van der Waals surface area contributed by atoms with E-state index in [0.717, 1.165) is 38.5 Å². The van der Waals surface area contributed by atoms with Crippen molar-refractivity contribution in [1.29, 1.82) is 0 Å². The van der Waals surface area contributed by atoms with E-state index in [4.69, 9.17) is 4.52 Å². The van der Waals surface area contributed by atoms with Gasteiger partial charge in [-0.3, -0.25) is 19.1 Å². The Hall–Kier alpha value is -1.86. The van der Waals surface area contributed by atoms with Gasteiger partial charge in [0.25, 0.3) is 0 Å². The maximum absolute atomic E-state index is 12.7. The molecule has 39 heavy (non-hydrogen) atoms. The molecule has 1 saturated heterocycles. The third-order valence-corrected chi connectivity index (χ3v) is 8.18. The fourth-order valence-electron chi connectivity index (χ4n) is 4.46. The van der Waals surface area contributed by atoms with Crippen LogP contribution in [0.3, 0.4) is 0 Å². The van der Waals surface area contributed by atoms with Gasteiger partial charge in [-0.05, 0) is 26.2 Å². The minimum absolute atomic E-state index is 0.0704. The monoisotopic (exact) mass is 579 g/mol. The van der Waals surface area contributed by atoms with Crippen molar-refractivity contribution in [2.75, 3.05) is 32.5 Å². The number of hydrogen-bond donors (Lipinski definition) is 7. The van der Waals surface area contributed by atoms with Gasteiger partial charge >= 0.3 is 13.6 Å². The number of carbonyl (C=O) groups is 3. The fraction of sp³-hybridized carbons (Fsp3) is 0.800. The van der Waals surface area contributed by atoms with Gasteiger partial charge in [-0.15, -0.1) is 6.58 Å². The van der Waals surface area contributed by atoms with Crippen LogP contribution in [0.5, 0.6) is 0 Å². The van der Waals surface area contributed by atoms with Crippen LogP contribution in [0.2, 0.25) is 0 Å². The molecule has 0 bridgehead atoms. The van der Waals surface area contributed by atoms with E-state index in [9.17, 15) is 44.3 Å². The Morgan fingerprint density at radius 3 is 2.23 bits per heavy atom. The first-order valence-electron chi connectivity index (χ1n) is 13.4. The summed E-state index contributed by atoms with van der Waals surface area (Å²) in [6.07, 6.45) is 5.37. The molecule has 6 atom stereocenters. The maximum Gasteiger partial charge on any atom is 0.331 e. The number of aliphatic hydroxyl groups is 3. The van der Waals surface area contributed by atoms with Gasteiger partial charge in [0.1, 0.15) is 0 Å². The molecular weight excluding hydrogens is 533 g/mol. The van der Waals surface area contributed by atoms with E-state index >= 15 is 0 Å². The van der Waals surface area contributed by atoms with E-state index < -0.39 is 68.7 Å². The summed E-state index contributed by atoms with van der Waals surface area (Å²) >= 11 is 0. The van der Waals surface area contributed by atoms with Crippen LogP contribution in [0.25, 0.3) is 0 Å². The lowest BCUT2D eigenvalue weighted by Gasteiger charge is -2.31. The summed E-state index contributed by atoms with van der Waals surface area (Å²) < 4.78 is 17.8. The molecule has 7 N–H and O–H groups in total. The first-order valence-corrected chi connectivity index (χ1v) is 15.1. The Labute approximate surface area is 230 Å². The zero-order chi connectivity index (χ0) is 29.6.